The highest BCUT2D eigenvalue weighted by Crippen LogP contribution is 1.92. The highest BCUT2D eigenvalue weighted by molar-refractivity contribution is 5.84. The lowest BCUT2D eigenvalue weighted by molar-refractivity contribution is 0.0690. The Morgan fingerprint density at radius 2 is 2.47 bits per heavy atom. The fraction of sp³-hybridized carbons (Fsp3) is 0.700. The Morgan fingerprint density at radius 1 is 1.71 bits per heavy atom. The zero-order valence-corrected chi connectivity index (χ0v) is 10.1. The summed E-state index contributed by atoms with van der Waals surface area (Å²) < 4.78 is 6.86. The highest BCUT2D eigenvalue weighted by Gasteiger charge is 2.07. The van der Waals surface area contributed by atoms with E-state index < -0.39 is 5.97 Å². The molecule has 0 saturated heterocycles. The maximum atomic E-state index is 10.6. The second-order valence-electron chi connectivity index (χ2n) is 3.64. The molecule has 0 amide bonds. The Kier molecular flexibility index (Phi) is 5.58. The largest absolute Gasteiger partial charge is 0.476 e. The van der Waals surface area contributed by atoms with Gasteiger partial charge in [-0.15, -0.1) is 5.10 Å². The van der Waals surface area contributed by atoms with Gasteiger partial charge in [0, 0.05) is 19.7 Å². The summed E-state index contributed by atoms with van der Waals surface area (Å²) in [6.45, 7) is 6.69. The molecule has 1 atom stereocenters. The number of ether oxygens (including phenoxy) is 1. The number of nitrogens with one attached hydrogen (secondary N) is 1. The van der Waals surface area contributed by atoms with Gasteiger partial charge in [0.05, 0.1) is 18.8 Å². The molecular weight excluding hydrogens is 224 g/mol. The van der Waals surface area contributed by atoms with Gasteiger partial charge in [-0.05, 0) is 13.8 Å². The van der Waals surface area contributed by atoms with Gasteiger partial charge in [-0.3, -0.25) is 4.68 Å². The van der Waals surface area contributed by atoms with E-state index in [1.807, 2.05) is 13.8 Å². The predicted octanol–water partition coefficient (Wildman–Crippen LogP) is -0.00910. The summed E-state index contributed by atoms with van der Waals surface area (Å²) in [5, 5.41) is 19.1. The maximum Gasteiger partial charge on any atom is 0.358 e. The van der Waals surface area contributed by atoms with Crippen LogP contribution in [0.25, 0.3) is 0 Å². The van der Waals surface area contributed by atoms with Gasteiger partial charge >= 0.3 is 5.97 Å². The van der Waals surface area contributed by atoms with Crippen LogP contribution in [0.4, 0.5) is 0 Å². The number of hydrogen-bond acceptors (Lipinski definition) is 5. The maximum absolute atomic E-state index is 10.6. The lowest BCUT2D eigenvalue weighted by Crippen LogP contribution is -2.29. The van der Waals surface area contributed by atoms with Crippen molar-refractivity contribution in [2.75, 3.05) is 19.7 Å². The number of nitrogens with zero attached hydrogens (tertiary/aromatic N) is 3. The second kappa shape index (κ2) is 6.97. The van der Waals surface area contributed by atoms with Gasteiger partial charge in [-0.25, -0.2) is 4.79 Å². The summed E-state index contributed by atoms with van der Waals surface area (Å²) in [5.41, 5.74) is -0.0346. The summed E-state index contributed by atoms with van der Waals surface area (Å²) in [4.78, 5) is 10.6. The molecule has 1 rings (SSSR count). The molecule has 1 unspecified atom stereocenters. The number of hydrogen-bond donors (Lipinski definition) is 2. The van der Waals surface area contributed by atoms with Gasteiger partial charge in [0.15, 0.2) is 5.69 Å². The molecule has 0 aromatic carbocycles. The highest BCUT2D eigenvalue weighted by atomic mass is 16.5. The zero-order valence-electron chi connectivity index (χ0n) is 10.1. The van der Waals surface area contributed by atoms with E-state index in [1.165, 1.54) is 10.9 Å². The van der Waals surface area contributed by atoms with E-state index in [4.69, 9.17) is 9.84 Å². The van der Waals surface area contributed by atoms with Gasteiger partial charge in [0.1, 0.15) is 0 Å². The summed E-state index contributed by atoms with van der Waals surface area (Å²) in [6, 6.07) is 0. The fourth-order valence-electron chi connectivity index (χ4n) is 1.35. The molecule has 0 bridgehead atoms. The number of aromatic nitrogens is 3. The van der Waals surface area contributed by atoms with Gasteiger partial charge in [-0.2, -0.15) is 0 Å². The molecule has 0 saturated carbocycles. The summed E-state index contributed by atoms with van der Waals surface area (Å²) in [6.07, 6.45) is 1.58. The second-order valence-corrected chi connectivity index (χ2v) is 3.64. The van der Waals surface area contributed by atoms with Crippen LogP contribution in [0.2, 0.25) is 0 Å². The number of carboxylic acids is 1. The van der Waals surface area contributed by atoms with Gasteiger partial charge in [0.2, 0.25) is 0 Å². The number of rotatable bonds is 8. The van der Waals surface area contributed by atoms with Crippen molar-refractivity contribution in [3.63, 3.8) is 0 Å². The Balaban J connectivity index is 2.19. The first kappa shape index (κ1) is 13.6. The van der Waals surface area contributed by atoms with Crippen molar-refractivity contribution in [3.8, 4) is 0 Å². The molecule has 1 heterocycles. The summed E-state index contributed by atoms with van der Waals surface area (Å²) in [7, 11) is 0. The van der Waals surface area contributed by atoms with E-state index in [2.05, 4.69) is 15.6 Å². The van der Waals surface area contributed by atoms with Crippen LogP contribution in [0.3, 0.4) is 0 Å². The minimum Gasteiger partial charge on any atom is -0.476 e. The molecule has 7 heteroatoms. The van der Waals surface area contributed by atoms with E-state index in [0.29, 0.717) is 19.7 Å². The minimum atomic E-state index is -1.06. The molecule has 0 spiro atoms. The predicted molar refractivity (Wildman–Crippen MR) is 60.9 cm³/mol. The molecular formula is C10H18N4O3. The van der Waals surface area contributed by atoms with Crippen LogP contribution in [0.15, 0.2) is 6.20 Å². The van der Waals surface area contributed by atoms with E-state index in [-0.39, 0.29) is 11.8 Å². The normalized spacial score (nSPS) is 12.6. The van der Waals surface area contributed by atoms with Gasteiger partial charge in [0.25, 0.3) is 0 Å². The SMILES string of the molecule is CCOC(C)CNCCn1cc(C(=O)O)nn1. The third kappa shape index (κ3) is 4.92. The number of carboxylic acid groups (broad SMARTS) is 1. The standard InChI is InChI=1S/C10H18N4O3/c1-3-17-8(2)6-11-4-5-14-7-9(10(15)16)12-13-14/h7-8,11H,3-6H2,1-2H3,(H,15,16). The smallest absolute Gasteiger partial charge is 0.358 e. The molecule has 7 nitrogen and oxygen atoms in total. The van der Waals surface area contributed by atoms with Crippen LogP contribution in [0, 0.1) is 0 Å². The molecule has 0 fully saturated rings. The lowest BCUT2D eigenvalue weighted by atomic mass is 10.4. The average Bonchev–Trinajstić information content (AvgIpc) is 2.73. The average molecular weight is 242 g/mol. The van der Waals surface area contributed by atoms with Crippen LogP contribution in [0.1, 0.15) is 24.3 Å². The Bertz CT molecular complexity index is 353. The Morgan fingerprint density at radius 3 is 3.06 bits per heavy atom. The Labute approximate surface area is 99.8 Å². The van der Waals surface area contributed by atoms with Crippen LogP contribution in [-0.2, 0) is 11.3 Å². The van der Waals surface area contributed by atoms with Crippen molar-refractivity contribution in [3.05, 3.63) is 11.9 Å². The van der Waals surface area contributed by atoms with E-state index in [1.54, 1.807) is 0 Å². The van der Waals surface area contributed by atoms with Crippen molar-refractivity contribution in [2.24, 2.45) is 0 Å². The van der Waals surface area contributed by atoms with Crippen molar-refractivity contribution in [1.29, 1.82) is 0 Å². The molecule has 1 aromatic heterocycles. The van der Waals surface area contributed by atoms with E-state index in [0.717, 1.165) is 6.54 Å². The Hall–Kier alpha value is -1.47. The first-order valence-corrected chi connectivity index (χ1v) is 5.59. The molecule has 1 aromatic rings. The summed E-state index contributed by atoms with van der Waals surface area (Å²) >= 11 is 0. The molecule has 0 aliphatic rings. The van der Waals surface area contributed by atoms with E-state index in [9.17, 15) is 4.79 Å². The molecule has 0 aliphatic heterocycles. The van der Waals surface area contributed by atoms with Crippen molar-refractivity contribution >= 4 is 5.97 Å². The lowest BCUT2D eigenvalue weighted by Gasteiger charge is -2.12. The van der Waals surface area contributed by atoms with Crippen LogP contribution < -0.4 is 5.32 Å². The van der Waals surface area contributed by atoms with Crippen molar-refractivity contribution in [2.45, 2.75) is 26.5 Å². The van der Waals surface area contributed by atoms with Gasteiger partial charge < -0.3 is 15.2 Å². The van der Waals surface area contributed by atoms with Crippen LogP contribution >= 0.6 is 0 Å². The number of aromatic carboxylic acids is 1. The molecule has 0 radical (unpaired) electrons. The molecule has 2 N–H and O–H groups in total. The molecule has 0 aliphatic carbocycles. The molecule has 17 heavy (non-hydrogen) atoms. The third-order valence-corrected chi connectivity index (χ3v) is 2.16. The monoisotopic (exact) mass is 242 g/mol. The first-order chi connectivity index (χ1) is 8.13. The van der Waals surface area contributed by atoms with Crippen LogP contribution in [-0.4, -0.2) is 51.9 Å². The van der Waals surface area contributed by atoms with Crippen molar-refractivity contribution in [1.82, 2.24) is 20.3 Å². The topological polar surface area (TPSA) is 89.3 Å². The van der Waals surface area contributed by atoms with Crippen LogP contribution in [0.5, 0.6) is 0 Å². The number of carbonyl (C=O) groups is 1. The fourth-order valence-corrected chi connectivity index (χ4v) is 1.35. The minimum absolute atomic E-state index is 0.0346. The molecule has 96 valence electrons. The van der Waals surface area contributed by atoms with E-state index >= 15 is 0 Å². The summed E-state index contributed by atoms with van der Waals surface area (Å²) in [5.74, 6) is -1.06. The zero-order chi connectivity index (χ0) is 12.7. The van der Waals surface area contributed by atoms with Gasteiger partial charge in [-0.1, -0.05) is 5.21 Å². The first-order valence-electron chi connectivity index (χ1n) is 5.59. The van der Waals surface area contributed by atoms with Crippen molar-refractivity contribution < 1.29 is 14.6 Å². The third-order valence-electron chi connectivity index (χ3n) is 2.16. The quantitative estimate of drug-likeness (QED) is 0.623.